The van der Waals surface area contributed by atoms with Crippen LogP contribution >= 0.6 is 0 Å². The average molecular weight is 415 g/mol. The lowest BCUT2D eigenvalue weighted by atomic mass is 9.90. The summed E-state index contributed by atoms with van der Waals surface area (Å²) in [7, 11) is 6.38. The lowest BCUT2D eigenvalue weighted by Crippen LogP contribution is -2.47. The molecular formula is C23H29NO6. The SMILES string of the molecule is COc1ccc(C(c2c(OC)cccc2OC)N2CCCCC2C(=O)O)cc1OC. The zero-order valence-corrected chi connectivity index (χ0v) is 17.9. The Morgan fingerprint density at radius 3 is 2.13 bits per heavy atom. The molecular weight excluding hydrogens is 386 g/mol. The highest BCUT2D eigenvalue weighted by atomic mass is 16.5. The molecule has 2 aromatic carbocycles. The van der Waals surface area contributed by atoms with Gasteiger partial charge < -0.3 is 24.1 Å². The molecule has 0 spiro atoms. The van der Waals surface area contributed by atoms with Crippen molar-refractivity contribution in [3.05, 3.63) is 47.5 Å². The van der Waals surface area contributed by atoms with Gasteiger partial charge >= 0.3 is 5.97 Å². The number of nitrogens with zero attached hydrogens (tertiary/aromatic N) is 1. The number of hydrogen-bond acceptors (Lipinski definition) is 6. The van der Waals surface area contributed by atoms with Crippen molar-refractivity contribution < 1.29 is 28.8 Å². The van der Waals surface area contributed by atoms with Crippen molar-refractivity contribution in [1.29, 1.82) is 0 Å². The van der Waals surface area contributed by atoms with Gasteiger partial charge in [-0.15, -0.1) is 0 Å². The van der Waals surface area contributed by atoms with E-state index in [4.69, 9.17) is 18.9 Å². The monoisotopic (exact) mass is 415 g/mol. The molecule has 1 saturated heterocycles. The predicted molar refractivity (Wildman–Crippen MR) is 113 cm³/mol. The topological polar surface area (TPSA) is 77.5 Å². The number of carbonyl (C=O) groups is 1. The molecule has 0 amide bonds. The predicted octanol–water partition coefficient (Wildman–Crippen LogP) is 3.75. The van der Waals surface area contributed by atoms with Crippen LogP contribution in [0.1, 0.15) is 36.4 Å². The Labute approximate surface area is 177 Å². The molecule has 0 aromatic heterocycles. The number of carboxylic acid groups (broad SMARTS) is 1. The first-order valence-corrected chi connectivity index (χ1v) is 9.97. The minimum atomic E-state index is -0.825. The zero-order chi connectivity index (χ0) is 21.7. The van der Waals surface area contributed by atoms with Gasteiger partial charge in [0, 0.05) is 0 Å². The second-order valence-corrected chi connectivity index (χ2v) is 7.18. The summed E-state index contributed by atoms with van der Waals surface area (Å²) in [4.78, 5) is 14.1. The quantitative estimate of drug-likeness (QED) is 0.704. The van der Waals surface area contributed by atoms with Crippen LogP contribution in [0.5, 0.6) is 23.0 Å². The second kappa shape index (κ2) is 9.71. The molecule has 0 aliphatic carbocycles. The number of benzene rings is 2. The molecule has 1 aliphatic heterocycles. The van der Waals surface area contributed by atoms with E-state index in [9.17, 15) is 9.90 Å². The van der Waals surface area contributed by atoms with E-state index in [1.54, 1.807) is 28.4 Å². The summed E-state index contributed by atoms with van der Waals surface area (Å²) in [5, 5.41) is 9.94. The first-order chi connectivity index (χ1) is 14.5. The standard InChI is InChI=1S/C23H29NO6/c1-27-17-12-11-15(14-20(17)30-4)22(24-13-6-5-8-16(24)23(25)26)21-18(28-2)9-7-10-19(21)29-3/h7,9-12,14,16,22H,5-6,8,13H2,1-4H3,(H,25,26). The molecule has 1 heterocycles. The Kier molecular flexibility index (Phi) is 7.05. The van der Waals surface area contributed by atoms with Gasteiger partial charge in [-0.05, 0) is 49.2 Å². The normalized spacial score (nSPS) is 17.8. The van der Waals surface area contributed by atoms with Crippen LogP contribution in [-0.4, -0.2) is 57.0 Å². The third kappa shape index (κ3) is 4.16. The van der Waals surface area contributed by atoms with Crippen molar-refractivity contribution in [2.45, 2.75) is 31.3 Å². The number of rotatable bonds is 8. The van der Waals surface area contributed by atoms with E-state index in [2.05, 4.69) is 0 Å². The number of ether oxygens (including phenoxy) is 4. The van der Waals surface area contributed by atoms with E-state index < -0.39 is 18.1 Å². The molecule has 1 aliphatic rings. The van der Waals surface area contributed by atoms with E-state index in [1.165, 1.54) is 0 Å². The fourth-order valence-electron chi connectivity index (χ4n) is 4.22. The van der Waals surface area contributed by atoms with Crippen LogP contribution in [0.15, 0.2) is 36.4 Å². The van der Waals surface area contributed by atoms with Crippen molar-refractivity contribution in [1.82, 2.24) is 4.90 Å². The number of methoxy groups -OCH3 is 4. The number of hydrogen-bond donors (Lipinski definition) is 1. The smallest absolute Gasteiger partial charge is 0.320 e. The van der Waals surface area contributed by atoms with E-state index in [1.807, 2.05) is 41.3 Å². The lowest BCUT2D eigenvalue weighted by molar-refractivity contribution is -0.145. The fraction of sp³-hybridized carbons (Fsp3) is 0.435. The Morgan fingerprint density at radius 2 is 1.57 bits per heavy atom. The molecule has 2 atom stereocenters. The largest absolute Gasteiger partial charge is 0.496 e. The van der Waals surface area contributed by atoms with Crippen LogP contribution in [0.4, 0.5) is 0 Å². The van der Waals surface area contributed by atoms with Crippen molar-refractivity contribution in [3.63, 3.8) is 0 Å². The van der Waals surface area contributed by atoms with Gasteiger partial charge in [0.2, 0.25) is 0 Å². The second-order valence-electron chi connectivity index (χ2n) is 7.18. The molecule has 1 N–H and O–H groups in total. The maximum absolute atomic E-state index is 12.1. The van der Waals surface area contributed by atoms with Crippen molar-refractivity contribution in [2.75, 3.05) is 35.0 Å². The summed E-state index contributed by atoms with van der Waals surface area (Å²) < 4.78 is 22.2. The fourth-order valence-corrected chi connectivity index (χ4v) is 4.22. The Morgan fingerprint density at radius 1 is 0.933 bits per heavy atom. The molecule has 162 valence electrons. The van der Waals surface area contributed by atoms with E-state index >= 15 is 0 Å². The van der Waals surface area contributed by atoms with Crippen LogP contribution in [0.3, 0.4) is 0 Å². The number of carboxylic acids is 1. The highest BCUT2D eigenvalue weighted by molar-refractivity contribution is 5.74. The summed E-state index contributed by atoms with van der Waals surface area (Å²) in [6.07, 6.45) is 2.40. The first-order valence-electron chi connectivity index (χ1n) is 9.97. The maximum atomic E-state index is 12.1. The molecule has 3 rings (SSSR count). The van der Waals surface area contributed by atoms with Crippen LogP contribution < -0.4 is 18.9 Å². The zero-order valence-electron chi connectivity index (χ0n) is 17.9. The maximum Gasteiger partial charge on any atom is 0.320 e. The van der Waals surface area contributed by atoms with Gasteiger partial charge in [-0.3, -0.25) is 9.69 Å². The van der Waals surface area contributed by atoms with Crippen molar-refractivity contribution >= 4 is 5.97 Å². The Bertz CT molecular complexity index is 862. The lowest BCUT2D eigenvalue weighted by Gasteiger charge is -2.40. The number of likely N-dealkylation sites (tertiary alicyclic amines) is 1. The molecule has 0 saturated carbocycles. The summed E-state index contributed by atoms with van der Waals surface area (Å²) in [6.45, 7) is 0.650. The van der Waals surface area contributed by atoms with Gasteiger partial charge in [-0.25, -0.2) is 0 Å². The Hall–Kier alpha value is -2.93. The summed E-state index contributed by atoms with van der Waals surface area (Å²) in [5.41, 5.74) is 1.67. The molecule has 7 nitrogen and oxygen atoms in total. The van der Waals surface area contributed by atoms with Gasteiger partial charge in [0.15, 0.2) is 11.5 Å². The van der Waals surface area contributed by atoms with E-state index in [-0.39, 0.29) is 0 Å². The number of aliphatic carboxylic acids is 1. The Balaban J connectivity index is 2.24. The minimum Gasteiger partial charge on any atom is -0.496 e. The van der Waals surface area contributed by atoms with Crippen LogP contribution in [0.25, 0.3) is 0 Å². The highest BCUT2D eigenvalue weighted by Gasteiger charge is 2.38. The minimum absolute atomic E-state index is 0.391. The first kappa shape index (κ1) is 21.8. The molecule has 0 radical (unpaired) electrons. The molecule has 1 fully saturated rings. The average Bonchev–Trinajstić information content (AvgIpc) is 2.79. The van der Waals surface area contributed by atoms with Gasteiger partial charge in [-0.2, -0.15) is 0 Å². The van der Waals surface area contributed by atoms with Crippen LogP contribution in [0, 0.1) is 0 Å². The third-order valence-electron chi connectivity index (χ3n) is 5.62. The van der Waals surface area contributed by atoms with Gasteiger partial charge in [0.05, 0.1) is 40.0 Å². The molecule has 30 heavy (non-hydrogen) atoms. The van der Waals surface area contributed by atoms with Gasteiger partial charge in [0.25, 0.3) is 0 Å². The van der Waals surface area contributed by atoms with E-state index in [0.717, 1.165) is 24.0 Å². The highest BCUT2D eigenvalue weighted by Crippen LogP contribution is 2.44. The van der Waals surface area contributed by atoms with Crippen molar-refractivity contribution in [2.24, 2.45) is 0 Å². The summed E-state index contributed by atoms with van der Waals surface area (Å²) >= 11 is 0. The van der Waals surface area contributed by atoms with Gasteiger partial charge in [-0.1, -0.05) is 18.6 Å². The third-order valence-corrected chi connectivity index (χ3v) is 5.62. The molecule has 2 unspecified atom stereocenters. The molecule has 0 bridgehead atoms. The number of piperidine rings is 1. The molecule has 2 aromatic rings. The molecule has 7 heteroatoms. The van der Waals surface area contributed by atoms with Crippen LogP contribution in [0.2, 0.25) is 0 Å². The summed E-state index contributed by atoms with van der Waals surface area (Å²) in [5.74, 6) is 1.65. The van der Waals surface area contributed by atoms with Gasteiger partial charge in [0.1, 0.15) is 17.5 Å². The van der Waals surface area contributed by atoms with E-state index in [0.29, 0.717) is 36.0 Å². The van der Waals surface area contributed by atoms with Crippen molar-refractivity contribution in [3.8, 4) is 23.0 Å². The van der Waals surface area contributed by atoms with Crippen LogP contribution in [-0.2, 0) is 4.79 Å². The summed E-state index contributed by atoms with van der Waals surface area (Å²) in [6, 6.07) is 10.3.